The van der Waals surface area contributed by atoms with Crippen molar-refractivity contribution >= 4 is 34.0 Å². The van der Waals surface area contributed by atoms with Gasteiger partial charge < -0.3 is 0 Å². The molecule has 0 saturated heterocycles. The summed E-state index contributed by atoms with van der Waals surface area (Å²) in [6, 6.07) is 0. The molecule has 1 aromatic rings. The van der Waals surface area contributed by atoms with Crippen LogP contribution in [0.15, 0.2) is 10.6 Å². The zero-order valence-electron chi connectivity index (χ0n) is 8.51. The Hall–Kier alpha value is -1.83. The number of hydrogen-bond donors (Lipinski definition) is 1. The quantitative estimate of drug-likeness (QED) is 0.792. The van der Waals surface area contributed by atoms with Gasteiger partial charge in [0, 0.05) is 19.9 Å². The Kier molecular flexibility index (Phi) is 2.91. The number of carbonyl (C=O) groups excluding carboxylic acids is 2. The Morgan fingerprint density at radius 3 is 3.00 bits per heavy atom. The maximum Gasteiger partial charge on any atom is 0.273 e. The van der Waals surface area contributed by atoms with E-state index in [2.05, 4.69) is 20.6 Å². The van der Waals surface area contributed by atoms with E-state index in [0.29, 0.717) is 23.7 Å². The molecule has 0 unspecified atom stereocenters. The van der Waals surface area contributed by atoms with E-state index in [1.54, 1.807) is 0 Å². The smallest absolute Gasteiger partial charge is 0.273 e. The summed E-state index contributed by atoms with van der Waals surface area (Å²) in [4.78, 5) is 22.8. The van der Waals surface area contributed by atoms with E-state index in [1.807, 2.05) is 0 Å². The summed E-state index contributed by atoms with van der Waals surface area (Å²) < 4.78 is 0. The van der Waals surface area contributed by atoms with Crippen LogP contribution in [-0.2, 0) is 9.59 Å². The van der Waals surface area contributed by atoms with Crippen molar-refractivity contribution in [2.45, 2.75) is 12.8 Å². The fraction of sp³-hybridized carbons (Fsp3) is 0.375. The second-order valence-corrected chi connectivity index (χ2v) is 4.00. The number of anilines is 1. The zero-order valence-corrected chi connectivity index (χ0v) is 9.32. The third-order valence-electron chi connectivity index (χ3n) is 2.05. The molecule has 0 bridgehead atoms. The molecular weight excluding hydrogens is 230 g/mol. The summed E-state index contributed by atoms with van der Waals surface area (Å²) in [5, 5.41) is 15.3. The summed E-state index contributed by atoms with van der Waals surface area (Å²) in [5.41, 5.74) is 1.85. The Labute approximate surface area is 95.2 Å². The van der Waals surface area contributed by atoms with Gasteiger partial charge in [-0.3, -0.25) is 14.9 Å². The van der Waals surface area contributed by atoms with Crippen molar-refractivity contribution in [2.24, 2.45) is 5.10 Å². The van der Waals surface area contributed by atoms with Crippen LogP contribution in [0.3, 0.4) is 0 Å². The molecule has 0 fully saturated rings. The van der Waals surface area contributed by atoms with Gasteiger partial charge in [0.25, 0.3) is 5.91 Å². The Bertz CT molecular complexity index is 441. The van der Waals surface area contributed by atoms with Crippen molar-refractivity contribution in [3.8, 4) is 0 Å². The van der Waals surface area contributed by atoms with Crippen molar-refractivity contribution in [3.05, 3.63) is 5.51 Å². The third-order valence-corrected chi connectivity index (χ3v) is 2.66. The highest BCUT2D eigenvalue weighted by Crippen LogP contribution is 2.11. The van der Waals surface area contributed by atoms with E-state index in [-0.39, 0.29) is 11.8 Å². The fourth-order valence-corrected chi connectivity index (χ4v) is 1.67. The molecule has 8 heteroatoms. The standard InChI is InChI=1S/C8H9N5O2S/c1-13-6(14)3-2-5(12-13)7(15)10-8-11-9-4-16-8/h4H,2-3H2,1H3,(H,10,11,15). The lowest BCUT2D eigenvalue weighted by Crippen LogP contribution is -2.34. The molecule has 0 atom stereocenters. The second kappa shape index (κ2) is 4.35. The molecule has 16 heavy (non-hydrogen) atoms. The van der Waals surface area contributed by atoms with Crippen molar-refractivity contribution in [1.82, 2.24) is 15.2 Å². The molecule has 7 nitrogen and oxygen atoms in total. The number of nitrogens with one attached hydrogen (secondary N) is 1. The van der Waals surface area contributed by atoms with Crippen LogP contribution in [0.4, 0.5) is 5.13 Å². The van der Waals surface area contributed by atoms with E-state index in [0.717, 1.165) is 0 Å². The predicted octanol–water partition coefficient (Wildman–Crippen LogP) is 0.0848. The van der Waals surface area contributed by atoms with Gasteiger partial charge in [0.15, 0.2) is 0 Å². The number of aromatic nitrogens is 2. The summed E-state index contributed by atoms with van der Waals surface area (Å²) in [7, 11) is 1.53. The molecule has 0 aliphatic carbocycles. The van der Waals surface area contributed by atoms with Gasteiger partial charge >= 0.3 is 0 Å². The Balaban J connectivity index is 2.05. The molecule has 84 valence electrons. The summed E-state index contributed by atoms with van der Waals surface area (Å²) >= 11 is 1.23. The second-order valence-electron chi connectivity index (χ2n) is 3.16. The van der Waals surface area contributed by atoms with Crippen molar-refractivity contribution < 1.29 is 9.59 Å². The summed E-state index contributed by atoms with van der Waals surface area (Å²) in [6.07, 6.45) is 0.659. The fourth-order valence-electron chi connectivity index (χ4n) is 1.23. The molecular formula is C8H9N5O2S. The molecule has 1 aliphatic rings. The summed E-state index contributed by atoms with van der Waals surface area (Å²) in [6.45, 7) is 0. The van der Waals surface area contributed by atoms with E-state index < -0.39 is 0 Å². The van der Waals surface area contributed by atoms with Crippen LogP contribution >= 0.6 is 11.3 Å². The van der Waals surface area contributed by atoms with Gasteiger partial charge in [0.05, 0.1) is 0 Å². The van der Waals surface area contributed by atoms with E-state index >= 15 is 0 Å². The third kappa shape index (κ3) is 2.22. The maximum absolute atomic E-state index is 11.7. The van der Waals surface area contributed by atoms with Crippen molar-refractivity contribution in [3.63, 3.8) is 0 Å². The highest BCUT2D eigenvalue weighted by atomic mass is 32.1. The number of amides is 2. The van der Waals surface area contributed by atoms with Crippen molar-refractivity contribution in [1.29, 1.82) is 0 Å². The average molecular weight is 239 g/mol. The van der Waals surface area contributed by atoms with Crippen LogP contribution in [0.1, 0.15) is 12.8 Å². The van der Waals surface area contributed by atoms with Gasteiger partial charge in [-0.25, -0.2) is 5.01 Å². The largest absolute Gasteiger partial charge is 0.295 e. The molecule has 0 aromatic carbocycles. The predicted molar refractivity (Wildman–Crippen MR) is 58.0 cm³/mol. The number of carbonyl (C=O) groups is 2. The number of rotatable bonds is 2. The first-order chi connectivity index (χ1) is 7.66. The number of nitrogens with zero attached hydrogens (tertiary/aromatic N) is 4. The van der Waals surface area contributed by atoms with Crippen LogP contribution < -0.4 is 5.32 Å². The van der Waals surface area contributed by atoms with Gasteiger partial charge in [0.2, 0.25) is 11.0 Å². The minimum absolute atomic E-state index is 0.0903. The van der Waals surface area contributed by atoms with Gasteiger partial charge in [-0.05, 0) is 0 Å². The highest BCUT2D eigenvalue weighted by molar-refractivity contribution is 7.13. The van der Waals surface area contributed by atoms with Gasteiger partial charge in [-0.1, -0.05) is 11.3 Å². The lowest BCUT2D eigenvalue weighted by molar-refractivity contribution is -0.130. The van der Waals surface area contributed by atoms with Crippen LogP contribution in [-0.4, -0.2) is 39.8 Å². The first-order valence-electron chi connectivity index (χ1n) is 4.58. The van der Waals surface area contributed by atoms with Crippen LogP contribution in [0.5, 0.6) is 0 Å². The van der Waals surface area contributed by atoms with Gasteiger partial charge in [0.1, 0.15) is 11.2 Å². The molecule has 2 rings (SSSR count). The monoisotopic (exact) mass is 239 g/mol. The lowest BCUT2D eigenvalue weighted by atomic mass is 10.1. The molecule has 2 amide bonds. The molecule has 2 heterocycles. The molecule has 1 N–H and O–H groups in total. The first kappa shape index (κ1) is 10.7. The van der Waals surface area contributed by atoms with E-state index in [9.17, 15) is 9.59 Å². The van der Waals surface area contributed by atoms with Crippen LogP contribution in [0.2, 0.25) is 0 Å². The summed E-state index contributed by atoms with van der Waals surface area (Å²) in [5.74, 6) is -0.427. The molecule has 1 aliphatic heterocycles. The Morgan fingerprint density at radius 1 is 1.56 bits per heavy atom. The maximum atomic E-state index is 11.7. The first-order valence-corrected chi connectivity index (χ1v) is 5.46. The average Bonchev–Trinajstić information content (AvgIpc) is 2.74. The molecule has 0 saturated carbocycles. The van der Waals surface area contributed by atoms with Gasteiger partial charge in [-0.15, -0.1) is 10.2 Å². The number of hydrogen-bond acceptors (Lipinski definition) is 6. The zero-order chi connectivity index (χ0) is 11.5. The number of hydrazone groups is 1. The topological polar surface area (TPSA) is 87.6 Å². The SMILES string of the molecule is CN1N=C(C(=O)Nc2nncs2)CCC1=O. The molecule has 0 spiro atoms. The van der Waals surface area contributed by atoms with Crippen molar-refractivity contribution in [2.75, 3.05) is 12.4 Å². The normalized spacial score (nSPS) is 15.9. The minimum Gasteiger partial charge on any atom is -0.295 e. The van der Waals surface area contributed by atoms with E-state index in [4.69, 9.17) is 0 Å². The minimum atomic E-state index is -0.337. The van der Waals surface area contributed by atoms with Crippen LogP contribution in [0.25, 0.3) is 0 Å². The lowest BCUT2D eigenvalue weighted by Gasteiger charge is -2.18. The van der Waals surface area contributed by atoms with E-state index in [1.165, 1.54) is 28.9 Å². The van der Waals surface area contributed by atoms with Gasteiger partial charge in [-0.2, -0.15) is 5.10 Å². The molecule has 1 aromatic heterocycles. The van der Waals surface area contributed by atoms with Crippen LogP contribution in [0, 0.1) is 0 Å². The molecule has 0 radical (unpaired) electrons. The highest BCUT2D eigenvalue weighted by Gasteiger charge is 2.22. The Morgan fingerprint density at radius 2 is 2.38 bits per heavy atom.